The van der Waals surface area contributed by atoms with Gasteiger partial charge < -0.3 is 15.2 Å². The largest absolute Gasteiger partial charge is 0.487 e. The number of aliphatic hydroxyl groups is 1. The third-order valence-corrected chi connectivity index (χ3v) is 4.54. The van der Waals surface area contributed by atoms with E-state index in [1.54, 1.807) is 0 Å². The zero-order valence-corrected chi connectivity index (χ0v) is 12.4. The Morgan fingerprint density at radius 1 is 1.30 bits per heavy atom. The maximum absolute atomic E-state index is 9.63. The molecule has 0 spiro atoms. The Morgan fingerprint density at radius 2 is 2.10 bits per heavy atom. The maximum atomic E-state index is 9.63. The molecule has 1 aliphatic carbocycles. The van der Waals surface area contributed by atoms with E-state index in [2.05, 4.69) is 37.4 Å². The molecule has 0 radical (unpaired) electrons. The molecule has 3 atom stereocenters. The molecule has 1 heterocycles. The van der Waals surface area contributed by atoms with Crippen LogP contribution in [0.5, 0.6) is 5.75 Å². The summed E-state index contributed by atoms with van der Waals surface area (Å²) in [5, 5.41) is 13.3. The van der Waals surface area contributed by atoms with Gasteiger partial charge in [-0.05, 0) is 51.6 Å². The molecule has 0 bridgehead atoms. The smallest absolute Gasteiger partial charge is 0.124 e. The second kappa shape index (κ2) is 5.38. The molecule has 3 nitrogen and oxygen atoms in total. The van der Waals surface area contributed by atoms with Crippen LogP contribution in [0.3, 0.4) is 0 Å². The molecule has 3 rings (SSSR count). The SMILES string of the molecule is CC1(C)CC(NCC2CCC(O)C2)c2ccccc2O1. The fourth-order valence-corrected chi connectivity index (χ4v) is 3.53. The van der Waals surface area contributed by atoms with E-state index in [0.717, 1.165) is 38.0 Å². The minimum absolute atomic E-state index is 0.0831. The van der Waals surface area contributed by atoms with Gasteiger partial charge in [0.25, 0.3) is 0 Å². The second-order valence-corrected chi connectivity index (χ2v) is 6.90. The third kappa shape index (κ3) is 2.99. The lowest BCUT2D eigenvalue weighted by molar-refractivity contribution is 0.0651. The summed E-state index contributed by atoms with van der Waals surface area (Å²) in [5.74, 6) is 1.62. The number of rotatable bonds is 3. The monoisotopic (exact) mass is 275 g/mol. The summed E-state index contributed by atoms with van der Waals surface area (Å²) in [6, 6.07) is 8.68. The van der Waals surface area contributed by atoms with Gasteiger partial charge in [-0.25, -0.2) is 0 Å². The van der Waals surface area contributed by atoms with Crippen molar-refractivity contribution in [3.8, 4) is 5.75 Å². The average molecular weight is 275 g/mol. The minimum atomic E-state index is -0.124. The van der Waals surface area contributed by atoms with Crippen LogP contribution >= 0.6 is 0 Å². The Morgan fingerprint density at radius 3 is 2.85 bits per heavy atom. The highest BCUT2D eigenvalue weighted by atomic mass is 16.5. The topological polar surface area (TPSA) is 41.5 Å². The van der Waals surface area contributed by atoms with Crippen LogP contribution in [0.1, 0.15) is 51.1 Å². The molecule has 3 heteroatoms. The van der Waals surface area contributed by atoms with Gasteiger partial charge in [-0.1, -0.05) is 18.2 Å². The van der Waals surface area contributed by atoms with Crippen LogP contribution in [0.4, 0.5) is 0 Å². The van der Waals surface area contributed by atoms with Gasteiger partial charge in [0.2, 0.25) is 0 Å². The number of ether oxygens (including phenoxy) is 1. The number of hydrogen-bond acceptors (Lipinski definition) is 3. The fraction of sp³-hybridized carbons (Fsp3) is 0.647. The quantitative estimate of drug-likeness (QED) is 0.891. The molecule has 1 fully saturated rings. The van der Waals surface area contributed by atoms with E-state index < -0.39 is 0 Å². The zero-order valence-electron chi connectivity index (χ0n) is 12.4. The lowest BCUT2D eigenvalue weighted by Crippen LogP contribution is -2.40. The van der Waals surface area contributed by atoms with E-state index in [1.807, 2.05) is 6.07 Å². The van der Waals surface area contributed by atoms with Crippen molar-refractivity contribution in [3.05, 3.63) is 29.8 Å². The first-order valence-corrected chi connectivity index (χ1v) is 7.73. The molecule has 0 aromatic heterocycles. The van der Waals surface area contributed by atoms with Gasteiger partial charge in [0, 0.05) is 18.0 Å². The highest BCUT2D eigenvalue weighted by molar-refractivity contribution is 5.38. The highest BCUT2D eigenvalue weighted by Gasteiger charge is 2.34. The molecule has 1 aromatic carbocycles. The van der Waals surface area contributed by atoms with Crippen LogP contribution in [0.15, 0.2) is 24.3 Å². The molecular formula is C17H25NO2. The number of para-hydroxylation sites is 1. The summed E-state index contributed by atoms with van der Waals surface area (Å²) >= 11 is 0. The Labute approximate surface area is 121 Å². The Bertz CT molecular complexity index is 472. The molecule has 2 aliphatic rings. The Hall–Kier alpha value is -1.06. The Kier molecular flexibility index (Phi) is 3.74. The number of benzene rings is 1. The summed E-state index contributed by atoms with van der Waals surface area (Å²) in [7, 11) is 0. The first kappa shape index (κ1) is 13.9. The van der Waals surface area contributed by atoms with Crippen molar-refractivity contribution >= 4 is 0 Å². The van der Waals surface area contributed by atoms with E-state index in [1.165, 1.54) is 5.56 Å². The van der Waals surface area contributed by atoms with Crippen molar-refractivity contribution in [1.82, 2.24) is 5.32 Å². The van der Waals surface area contributed by atoms with Crippen molar-refractivity contribution in [2.75, 3.05) is 6.54 Å². The van der Waals surface area contributed by atoms with Gasteiger partial charge in [-0.2, -0.15) is 0 Å². The van der Waals surface area contributed by atoms with Crippen LogP contribution in [-0.4, -0.2) is 23.4 Å². The second-order valence-electron chi connectivity index (χ2n) is 6.90. The zero-order chi connectivity index (χ0) is 14.2. The predicted octanol–water partition coefficient (Wildman–Crippen LogP) is 3.04. The van der Waals surface area contributed by atoms with Gasteiger partial charge in [0.05, 0.1) is 6.10 Å². The molecule has 1 saturated carbocycles. The van der Waals surface area contributed by atoms with Gasteiger partial charge in [0.15, 0.2) is 0 Å². The van der Waals surface area contributed by atoms with Crippen molar-refractivity contribution in [2.45, 2.75) is 57.3 Å². The lowest BCUT2D eigenvalue weighted by atomic mass is 9.89. The molecule has 3 unspecified atom stereocenters. The standard InChI is InChI=1S/C17H25NO2/c1-17(2)10-15(14-5-3-4-6-16(14)20-17)18-11-12-7-8-13(19)9-12/h3-6,12-13,15,18-19H,7-11H2,1-2H3. The molecular weight excluding hydrogens is 250 g/mol. The highest BCUT2D eigenvalue weighted by Crippen LogP contribution is 2.39. The van der Waals surface area contributed by atoms with Crippen molar-refractivity contribution in [3.63, 3.8) is 0 Å². The first-order valence-electron chi connectivity index (χ1n) is 7.73. The number of hydrogen-bond donors (Lipinski definition) is 2. The molecule has 110 valence electrons. The average Bonchev–Trinajstić information content (AvgIpc) is 2.80. The van der Waals surface area contributed by atoms with Gasteiger partial charge in [-0.15, -0.1) is 0 Å². The van der Waals surface area contributed by atoms with Crippen LogP contribution < -0.4 is 10.1 Å². The molecule has 1 aliphatic heterocycles. The van der Waals surface area contributed by atoms with Crippen molar-refractivity contribution in [2.24, 2.45) is 5.92 Å². The fourth-order valence-electron chi connectivity index (χ4n) is 3.53. The maximum Gasteiger partial charge on any atom is 0.124 e. The van der Waals surface area contributed by atoms with Crippen molar-refractivity contribution in [1.29, 1.82) is 0 Å². The molecule has 0 amide bonds. The summed E-state index contributed by atoms with van der Waals surface area (Å²) in [4.78, 5) is 0. The minimum Gasteiger partial charge on any atom is -0.487 e. The van der Waals surface area contributed by atoms with Crippen molar-refractivity contribution < 1.29 is 9.84 Å². The number of aliphatic hydroxyl groups excluding tert-OH is 1. The van der Waals surface area contributed by atoms with Crippen LogP contribution in [0.2, 0.25) is 0 Å². The molecule has 1 aromatic rings. The van der Waals surface area contributed by atoms with E-state index in [0.29, 0.717) is 12.0 Å². The van der Waals surface area contributed by atoms with Crippen LogP contribution in [0.25, 0.3) is 0 Å². The molecule has 20 heavy (non-hydrogen) atoms. The summed E-state index contributed by atoms with van der Waals surface area (Å²) in [6.45, 7) is 5.29. The molecule has 0 saturated heterocycles. The van der Waals surface area contributed by atoms with E-state index in [4.69, 9.17) is 4.74 Å². The predicted molar refractivity (Wildman–Crippen MR) is 79.9 cm³/mol. The lowest BCUT2D eigenvalue weighted by Gasteiger charge is -2.38. The van der Waals surface area contributed by atoms with Gasteiger partial charge in [-0.3, -0.25) is 0 Å². The van der Waals surface area contributed by atoms with Gasteiger partial charge >= 0.3 is 0 Å². The van der Waals surface area contributed by atoms with Crippen LogP contribution in [-0.2, 0) is 0 Å². The van der Waals surface area contributed by atoms with Gasteiger partial charge in [0.1, 0.15) is 11.4 Å². The van der Waals surface area contributed by atoms with E-state index >= 15 is 0 Å². The summed E-state index contributed by atoms with van der Waals surface area (Å²) < 4.78 is 6.06. The number of fused-ring (bicyclic) bond motifs is 1. The normalized spacial score (nSPS) is 31.6. The first-order chi connectivity index (χ1) is 9.53. The molecule has 2 N–H and O–H groups in total. The summed E-state index contributed by atoms with van der Waals surface area (Å²) in [6.07, 6.45) is 3.95. The Balaban J connectivity index is 1.69. The van der Waals surface area contributed by atoms with E-state index in [-0.39, 0.29) is 11.7 Å². The third-order valence-electron chi connectivity index (χ3n) is 4.54. The van der Waals surface area contributed by atoms with Crippen LogP contribution in [0, 0.1) is 5.92 Å². The number of nitrogens with one attached hydrogen (secondary N) is 1. The van der Waals surface area contributed by atoms with E-state index in [9.17, 15) is 5.11 Å². The summed E-state index contributed by atoms with van der Waals surface area (Å²) in [5.41, 5.74) is 1.15.